The fraction of sp³-hybridized carbons (Fsp3) is 0.526. The molecule has 1 heterocycles. The molecule has 0 bridgehead atoms. The number of hydrogen-bond acceptors (Lipinski definition) is 5. The molecule has 0 aliphatic carbocycles. The molecule has 1 N–H and O–H groups in total. The molecule has 24 heavy (non-hydrogen) atoms. The second kappa shape index (κ2) is 8.10. The van der Waals surface area contributed by atoms with Crippen LogP contribution >= 0.6 is 11.3 Å². The Balaban J connectivity index is 1.98. The zero-order valence-electron chi connectivity index (χ0n) is 15.4. The average molecular weight is 349 g/mol. The first-order valence-electron chi connectivity index (χ1n) is 8.20. The fourth-order valence-corrected chi connectivity index (χ4v) is 3.45. The molecular formula is C19H28N2O2S. The van der Waals surface area contributed by atoms with Gasteiger partial charge in [0.15, 0.2) is 0 Å². The van der Waals surface area contributed by atoms with Gasteiger partial charge in [-0.2, -0.15) is 0 Å². The third-order valence-electron chi connectivity index (χ3n) is 3.95. The number of thiazole rings is 1. The summed E-state index contributed by atoms with van der Waals surface area (Å²) < 4.78 is 10.9. The molecule has 2 atom stereocenters. The van der Waals surface area contributed by atoms with Gasteiger partial charge in [-0.25, -0.2) is 4.98 Å². The highest BCUT2D eigenvalue weighted by Gasteiger charge is 2.20. The van der Waals surface area contributed by atoms with Crippen molar-refractivity contribution in [1.82, 2.24) is 10.3 Å². The third-order valence-corrected chi connectivity index (χ3v) is 5.37. The van der Waals surface area contributed by atoms with Gasteiger partial charge in [0.25, 0.3) is 0 Å². The molecule has 2 aromatic rings. The molecule has 2 rings (SSSR count). The van der Waals surface area contributed by atoms with Gasteiger partial charge >= 0.3 is 0 Å². The van der Waals surface area contributed by atoms with Crippen LogP contribution in [0, 0.1) is 0 Å². The quantitative estimate of drug-likeness (QED) is 0.809. The Morgan fingerprint density at radius 2 is 1.83 bits per heavy atom. The summed E-state index contributed by atoms with van der Waals surface area (Å²) in [5, 5.41) is 4.73. The third kappa shape index (κ3) is 4.79. The van der Waals surface area contributed by atoms with E-state index in [1.807, 2.05) is 18.3 Å². The van der Waals surface area contributed by atoms with Crippen molar-refractivity contribution in [2.24, 2.45) is 0 Å². The van der Waals surface area contributed by atoms with Gasteiger partial charge in [0.2, 0.25) is 0 Å². The summed E-state index contributed by atoms with van der Waals surface area (Å²) in [7, 11) is 3.42. The molecule has 0 aliphatic rings. The van der Waals surface area contributed by atoms with E-state index in [1.165, 1.54) is 9.88 Å². The largest absolute Gasteiger partial charge is 0.497 e. The van der Waals surface area contributed by atoms with Gasteiger partial charge in [0.1, 0.15) is 5.75 Å². The number of rotatable bonds is 7. The lowest BCUT2D eigenvalue weighted by Gasteiger charge is -2.24. The van der Waals surface area contributed by atoms with Crippen LogP contribution in [-0.4, -0.2) is 25.2 Å². The van der Waals surface area contributed by atoms with Crippen molar-refractivity contribution in [3.63, 3.8) is 0 Å². The first-order valence-corrected chi connectivity index (χ1v) is 9.02. The van der Waals surface area contributed by atoms with Crippen LogP contribution in [-0.2, 0) is 16.7 Å². The first kappa shape index (κ1) is 18.9. The summed E-state index contributed by atoms with van der Waals surface area (Å²) in [4.78, 5) is 5.79. The molecule has 0 amide bonds. The second-order valence-electron chi connectivity index (χ2n) is 6.98. The predicted octanol–water partition coefficient (Wildman–Crippen LogP) is 4.32. The molecule has 1 aromatic carbocycles. The van der Waals surface area contributed by atoms with Crippen LogP contribution in [0.15, 0.2) is 30.5 Å². The Morgan fingerprint density at radius 3 is 2.33 bits per heavy atom. The standard InChI is InChI=1S/C19H28N2O2S/c1-13(17(23-6)14-7-9-15(22-5)10-8-14)20-11-16-12-21-18(24-16)19(2,3)4/h7-10,12-13,17,20H,11H2,1-6H3/t13-,17+/m0/s1. The van der Waals surface area contributed by atoms with Crippen LogP contribution < -0.4 is 10.1 Å². The topological polar surface area (TPSA) is 43.4 Å². The molecule has 0 unspecified atom stereocenters. The highest BCUT2D eigenvalue weighted by atomic mass is 32.1. The maximum Gasteiger partial charge on any atom is 0.118 e. The van der Waals surface area contributed by atoms with Crippen molar-refractivity contribution in [2.75, 3.05) is 14.2 Å². The first-order chi connectivity index (χ1) is 11.3. The minimum Gasteiger partial charge on any atom is -0.497 e. The maximum absolute atomic E-state index is 5.70. The molecule has 0 saturated heterocycles. The lowest BCUT2D eigenvalue weighted by molar-refractivity contribution is 0.0730. The zero-order valence-corrected chi connectivity index (χ0v) is 16.2. The lowest BCUT2D eigenvalue weighted by Crippen LogP contribution is -2.32. The van der Waals surface area contributed by atoms with E-state index in [4.69, 9.17) is 9.47 Å². The number of aromatic nitrogens is 1. The van der Waals surface area contributed by atoms with E-state index in [1.54, 1.807) is 25.6 Å². The monoisotopic (exact) mass is 348 g/mol. The Kier molecular flexibility index (Phi) is 6.38. The Bertz CT molecular complexity index is 632. The van der Waals surface area contributed by atoms with Crippen LogP contribution in [0.4, 0.5) is 0 Å². The van der Waals surface area contributed by atoms with E-state index in [-0.39, 0.29) is 17.6 Å². The van der Waals surface area contributed by atoms with E-state index in [2.05, 4.69) is 50.1 Å². The van der Waals surface area contributed by atoms with E-state index < -0.39 is 0 Å². The summed E-state index contributed by atoms with van der Waals surface area (Å²) in [6, 6.07) is 8.22. The lowest BCUT2D eigenvalue weighted by atomic mass is 9.98. The van der Waals surface area contributed by atoms with Crippen molar-refractivity contribution in [1.29, 1.82) is 0 Å². The molecule has 132 valence electrons. The van der Waals surface area contributed by atoms with Gasteiger partial charge in [0, 0.05) is 36.2 Å². The molecule has 0 spiro atoms. The zero-order chi connectivity index (χ0) is 17.7. The van der Waals surface area contributed by atoms with Crippen molar-refractivity contribution in [3.8, 4) is 5.75 Å². The molecule has 0 radical (unpaired) electrons. The van der Waals surface area contributed by atoms with Crippen LogP contribution in [0.25, 0.3) is 0 Å². The minimum atomic E-state index is -0.00841. The maximum atomic E-state index is 5.70. The summed E-state index contributed by atoms with van der Waals surface area (Å²) in [5.41, 5.74) is 1.24. The minimum absolute atomic E-state index is 0.00841. The van der Waals surface area contributed by atoms with E-state index >= 15 is 0 Å². The molecule has 0 aliphatic heterocycles. The fourth-order valence-electron chi connectivity index (χ4n) is 2.53. The van der Waals surface area contributed by atoms with Crippen molar-refractivity contribution >= 4 is 11.3 Å². The number of benzene rings is 1. The van der Waals surface area contributed by atoms with Gasteiger partial charge in [-0.1, -0.05) is 32.9 Å². The van der Waals surface area contributed by atoms with Crippen LogP contribution in [0.2, 0.25) is 0 Å². The van der Waals surface area contributed by atoms with Crippen molar-refractivity contribution in [3.05, 3.63) is 45.9 Å². The molecular weight excluding hydrogens is 320 g/mol. The smallest absolute Gasteiger partial charge is 0.118 e. The predicted molar refractivity (Wildman–Crippen MR) is 99.9 cm³/mol. The summed E-state index contributed by atoms with van der Waals surface area (Å²) in [6.45, 7) is 9.51. The van der Waals surface area contributed by atoms with Gasteiger partial charge < -0.3 is 14.8 Å². The van der Waals surface area contributed by atoms with Gasteiger partial charge in [0.05, 0.1) is 18.2 Å². The second-order valence-corrected chi connectivity index (χ2v) is 8.10. The van der Waals surface area contributed by atoms with Gasteiger partial charge in [-0.05, 0) is 24.6 Å². The summed E-state index contributed by atoms with van der Waals surface area (Å²) in [6.07, 6.45) is 1.96. The normalized spacial score (nSPS) is 14.4. The van der Waals surface area contributed by atoms with E-state index in [0.717, 1.165) is 17.9 Å². The van der Waals surface area contributed by atoms with Crippen LogP contribution in [0.1, 0.15) is 49.2 Å². The van der Waals surface area contributed by atoms with Gasteiger partial charge in [-0.3, -0.25) is 0 Å². The Labute approximate surface area is 149 Å². The highest BCUT2D eigenvalue weighted by molar-refractivity contribution is 7.11. The van der Waals surface area contributed by atoms with Crippen molar-refractivity contribution < 1.29 is 9.47 Å². The number of nitrogens with one attached hydrogen (secondary N) is 1. The Morgan fingerprint density at radius 1 is 1.17 bits per heavy atom. The highest BCUT2D eigenvalue weighted by Crippen LogP contribution is 2.27. The number of methoxy groups -OCH3 is 2. The van der Waals surface area contributed by atoms with E-state index in [0.29, 0.717) is 0 Å². The van der Waals surface area contributed by atoms with Gasteiger partial charge in [-0.15, -0.1) is 11.3 Å². The number of hydrogen-bond donors (Lipinski definition) is 1. The summed E-state index contributed by atoms with van der Waals surface area (Å²) in [5.74, 6) is 0.855. The number of ether oxygens (including phenoxy) is 2. The Hall–Kier alpha value is -1.43. The SMILES string of the molecule is COc1ccc([C@H](OC)[C@H](C)NCc2cnc(C(C)(C)C)s2)cc1. The van der Waals surface area contributed by atoms with Crippen LogP contribution in [0.3, 0.4) is 0 Å². The van der Waals surface area contributed by atoms with E-state index in [9.17, 15) is 0 Å². The average Bonchev–Trinajstić information content (AvgIpc) is 3.03. The molecule has 0 fully saturated rings. The molecule has 1 aromatic heterocycles. The van der Waals surface area contributed by atoms with Crippen LogP contribution in [0.5, 0.6) is 5.75 Å². The summed E-state index contributed by atoms with van der Waals surface area (Å²) >= 11 is 1.77. The molecule has 4 nitrogen and oxygen atoms in total. The molecule has 0 saturated carbocycles. The van der Waals surface area contributed by atoms with Crippen molar-refractivity contribution in [2.45, 2.75) is 51.8 Å². The molecule has 5 heteroatoms. The number of nitrogens with zero attached hydrogens (tertiary/aromatic N) is 1.